The lowest BCUT2D eigenvalue weighted by Crippen LogP contribution is -2.63. The van der Waals surface area contributed by atoms with Crippen molar-refractivity contribution >= 4 is 22.8 Å². The number of nitrogens with zero attached hydrogens (tertiary/aromatic N) is 2. The van der Waals surface area contributed by atoms with Gasteiger partial charge in [-0.25, -0.2) is 4.79 Å². The Hall–Kier alpha value is -3.22. The normalized spacial score (nSPS) is 21.2. The number of fused-ring (bicyclic) bond motifs is 1. The number of cyclic esters (lactones) is 1. The zero-order valence-electron chi connectivity index (χ0n) is 19.4. The van der Waals surface area contributed by atoms with Crippen molar-refractivity contribution in [2.24, 2.45) is 5.92 Å². The SMILES string of the molecule is CC(C)N1[C@@H](C)[C@@H](c2ccccc2)OC(=O)N1C(=O)[C@@H](C)[C@H](O)c1ccc2ccccc2c1. The van der Waals surface area contributed by atoms with Crippen LogP contribution >= 0.6 is 0 Å². The quantitative estimate of drug-likeness (QED) is 0.580. The number of rotatable bonds is 5. The molecule has 0 radical (unpaired) electrons. The van der Waals surface area contributed by atoms with Crippen LogP contribution in [0.1, 0.15) is 51.0 Å². The van der Waals surface area contributed by atoms with Gasteiger partial charge in [0.15, 0.2) is 0 Å². The molecule has 3 aromatic carbocycles. The minimum absolute atomic E-state index is 0.131. The summed E-state index contributed by atoms with van der Waals surface area (Å²) >= 11 is 0. The second-order valence-electron chi connectivity index (χ2n) is 8.92. The van der Waals surface area contributed by atoms with E-state index >= 15 is 0 Å². The zero-order chi connectivity index (χ0) is 23.7. The third-order valence-electron chi connectivity index (χ3n) is 6.33. The Bertz CT molecular complexity index is 1150. The van der Waals surface area contributed by atoms with Crippen LogP contribution in [-0.4, -0.2) is 39.2 Å². The van der Waals surface area contributed by atoms with Gasteiger partial charge < -0.3 is 9.84 Å². The van der Waals surface area contributed by atoms with Crippen molar-refractivity contribution in [1.29, 1.82) is 0 Å². The van der Waals surface area contributed by atoms with Crippen molar-refractivity contribution in [3.05, 3.63) is 83.9 Å². The number of hydrazine groups is 1. The van der Waals surface area contributed by atoms with Gasteiger partial charge in [-0.1, -0.05) is 73.7 Å². The molecule has 6 heteroatoms. The van der Waals surface area contributed by atoms with Gasteiger partial charge in [0.2, 0.25) is 0 Å². The van der Waals surface area contributed by atoms with E-state index in [1.165, 1.54) is 0 Å². The Morgan fingerprint density at radius 2 is 1.58 bits per heavy atom. The molecule has 1 heterocycles. The van der Waals surface area contributed by atoms with Gasteiger partial charge in [-0.2, -0.15) is 10.0 Å². The number of ether oxygens (including phenoxy) is 1. The zero-order valence-corrected chi connectivity index (χ0v) is 19.4. The van der Waals surface area contributed by atoms with E-state index in [9.17, 15) is 14.7 Å². The van der Waals surface area contributed by atoms with Crippen molar-refractivity contribution in [3.63, 3.8) is 0 Å². The molecule has 33 heavy (non-hydrogen) atoms. The maximum Gasteiger partial charge on any atom is 0.432 e. The Kier molecular flexibility index (Phi) is 6.49. The van der Waals surface area contributed by atoms with E-state index in [1.807, 2.05) is 93.6 Å². The third-order valence-corrected chi connectivity index (χ3v) is 6.33. The molecule has 4 rings (SSSR count). The number of imide groups is 1. The molecule has 0 unspecified atom stereocenters. The Balaban J connectivity index is 1.60. The third kappa shape index (κ3) is 4.36. The number of hydrogen-bond donors (Lipinski definition) is 1. The summed E-state index contributed by atoms with van der Waals surface area (Å²) in [5.41, 5.74) is 1.51. The van der Waals surface area contributed by atoms with E-state index in [1.54, 1.807) is 11.9 Å². The first kappa shape index (κ1) is 23.0. The topological polar surface area (TPSA) is 70.1 Å². The van der Waals surface area contributed by atoms with Gasteiger partial charge in [0.25, 0.3) is 5.91 Å². The molecular formula is C27H30N2O4. The molecule has 1 aliphatic heterocycles. The number of benzene rings is 3. The van der Waals surface area contributed by atoms with Crippen LogP contribution < -0.4 is 0 Å². The molecule has 0 aliphatic carbocycles. The van der Waals surface area contributed by atoms with Crippen molar-refractivity contribution < 1.29 is 19.4 Å². The van der Waals surface area contributed by atoms with E-state index in [0.29, 0.717) is 5.56 Å². The summed E-state index contributed by atoms with van der Waals surface area (Å²) in [7, 11) is 0. The molecule has 0 bridgehead atoms. The lowest BCUT2D eigenvalue weighted by atomic mass is 9.94. The molecule has 1 saturated heterocycles. The average molecular weight is 447 g/mol. The van der Waals surface area contributed by atoms with E-state index in [2.05, 4.69) is 0 Å². The van der Waals surface area contributed by atoms with Crippen LogP contribution in [0.15, 0.2) is 72.8 Å². The Labute approximate surface area is 194 Å². The van der Waals surface area contributed by atoms with Gasteiger partial charge in [-0.15, -0.1) is 0 Å². The summed E-state index contributed by atoms with van der Waals surface area (Å²) in [6.07, 6.45) is -2.28. The molecule has 0 saturated carbocycles. The summed E-state index contributed by atoms with van der Waals surface area (Å²) in [5.74, 6) is -1.34. The fraction of sp³-hybridized carbons (Fsp3) is 0.333. The molecule has 0 aromatic heterocycles. The Morgan fingerprint density at radius 3 is 2.24 bits per heavy atom. The van der Waals surface area contributed by atoms with E-state index < -0.39 is 30.1 Å². The fourth-order valence-electron chi connectivity index (χ4n) is 4.57. The van der Waals surface area contributed by atoms with Crippen LogP contribution in [0.25, 0.3) is 10.8 Å². The first-order chi connectivity index (χ1) is 15.8. The highest BCUT2D eigenvalue weighted by Crippen LogP contribution is 2.35. The summed E-state index contributed by atoms with van der Waals surface area (Å²) in [6, 6.07) is 22.6. The van der Waals surface area contributed by atoms with Gasteiger partial charge in [0.05, 0.1) is 18.1 Å². The molecule has 3 aromatic rings. The van der Waals surface area contributed by atoms with Crippen molar-refractivity contribution in [2.75, 3.05) is 0 Å². The van der Waals surface area contributed by atoms with Crippen molar-refractivity contribution in [2.45, 2.75) is 52.0 Å². The maximum atomic E-state index is 13.5. The van der Waals surface area contributed by atoms with Crippen LogP contribution in [0.5, 0.6) is 0 Å². The monoisotopic (exact) mass is 446 g/mol. The number of aliphatic hydroxyl groups excluding tert-OH is 1. The molecule has 0 spiro atoms. The highest BCUT2D eigenvalue weighted by Gasteiger charge is 2.46. The maximum absolute atomic E-state index is 13.5. The van der Waals surface area contributed by atoms with Gasteiger partial charge in [-0.05, 0) is 48.7 Å². The second-order valence-corrected chi connectivity index (χ2v) is 8.92. The number of carbonyl (C=O) groups is 2. The number of aliphatic hydroxyl groups is 1. The summed E-state index contributed by atoms with van der Waals surface area (Å²) < 4.78 is 5.73. The standard InChI is InChI=1S/C27H30N2O4/c1-17(2)28-19(4)25(21-11-6-5-7-12-21)33-27(32)29(28)26(31)18(3)24(30)23-15-14-20-10-8-9-13-22(20)16-23/h5-19,24-25,30H,1-4H3/t18-,19-,24-,25-/m0/s1. The van der Waals surface area contributed by atoms with Gasteiger partial charge in [-0.3, -0.25) is 4.79 Å². The first-order valence-corrected chi connectivity index (χ1v) is 11.3. The van der Waals surface area contributed by atoms with Crippen molar-refractivity contribution in [1.82, 2.24) is 10.0 Å². The largest absolute Gasteiger partial charge is 0.438 e. The highest BCUT2D eigenvalue weighted by molar-refractivity contribution is 5.93. The van der Waals surface area contributed by atoms with Crippen LogP contribution in [0.4, 0.5) is 4.79 Å². The van der Waals surface area contributed by atoms with Crippen LogP contribution in [0.3, 0.4) is 0 Å². The van der Waals surface area contributed by atoms with Gasteiger partial charge in [0.1, 0.15) is 6.10 Å². The molecule has 1 aliphatic rings. The summed E-state index contributed by atoms with van der Waals surface area (Å²) in [6.45, 7) is 7.44. The number of carbonyl (C=O) groups excluding carboxylic acids is 2. The lowest BCUT2D eigenvalue weighted by molar-refractivity contribution is -0.181. The smallest absolute Gasteiger partial charge is 0.432 e. The highest BCUT2D eigenvalue weighted by atomic mass is 16.6. The summed E-state index contributed by atoms with van der Waals surface area (Å²) in [5, 5.41) is 15.9. The molecule has 172 valence electrons. The number of hydrogen-bond acceptors (Lipinski definition) is 5. The molecule has 1 N–H and O–H groups in total. The van der Waals surface area contributed by atoms with E-state index in [4.69, 9.17) is 4.74 Å². The number of amides is 2. The molecule has 4 atom stereocenters. The fourth-order valence-corrected chi connectivity index (χ4v) is 4.57. The van der Waals surface area contributed by atoms with E-state index in [-0.39, 0.29) is 12.1 Å². The molecule has 6 nitrogen and oxygen atoms in total. The van der Waals surface area contributed by atoms with Gasteiger partial charge >= 0.3 is 6.09 Å². The minimum Gasteiger partial charge on any atom is -0.438 e. The van der Waals surface area contributed by atoms with Crippen molar-refractivity contribution in [3.8, 4) is 0 Å². The molecule has 2 amide bonds. The minimum atomic E-state index is -1.06. The first-order valence-electron chi connectivity index (χ1n) is 11.3. The predicted molar refractivity (Wildman–Crippen MR) is 127 cm³/mol. The molecular weight excluding hydrogens is 416 g/mol. The summed E-state index contributed by atoms with van der Waals surface area (Å²) in [4.78, 5) is 26.6. The van der Waals surface area contributed by atoms with Crippen LogP contribution in [-0.2, 0) is 9.53 Å². The lowest BCUT2D eigenvalue weighted by Gasteiger charge is -2.47. The van der Waals surface area contributed by atoms with Crippen LogP contribution in [0, 0.1) is 5.92 Å². The predicted octanol–water partition coefficient (Wildman–Crippen LogP) is 5.24. The Morgan fingerprint density at radius 1 is 0.939 bits per heavy atom. The van der Waals surface area contributed by atoms with Crippen LogP contribution in [0.2, 0.25) is 0 Å². The van der Waals surface area contributed by atoms with Gasteiger partial charge in [0, 0.05) is 6.04 Å². The average Bonchev–Trinajstić information content (AvgIpc) is 2.83. The van der Waals surface area contributed by atoms with E-state index in [0.717, 1.165) is 21.3 Å². The molecule has 1 fully saturated rings. The second kappa shape index (κ2) is 9.33.